The molecule has 0 bridgehead atoms. The highest BCUT2D eigenvalue weighted by molar-refractivity contribution is 5.72. The van der Waals surface area contributed by atoms with E-state index in [9.17, 15) is 4.79 Å². The van der Waals surface area contributed by atoms with E-state index in [0.29, 0.717) is 0 Å². The Kier molecular flexibility index (Phi) is 5.56. The molecule has 1 fully saturated rings. The smallest absolute Gasteiger partial charge is 0.216 e. The summed E-state index contributed by atoms with van der Waals surface area (Å²) in [5.41, 5.74) is 0. The molecule has 4 heteroatoms. The summed E-state index contributed by atoms with van der Waals surface area (Å²) >= 11 is 0. The van der Waals surface area contributed by atoms with Crippen LogP contribution in [0.2, 0.25) is 0 Å². The topological polar surface area (TPSA) is 50.4 Å². The Labute approximate surface area is 85.4 Å². The Hall–Kier alpha value is -0.610. The number of ether oxygens (including phenoxy) is 1. The second-order valence-electron chi connectivity index (χ2n) is 3.74. The molecular formula is C10H20N2O2. The average Bonchev–Trinajstić information content (AvgIpc) is 2.18. The van der Waals surface area contributed by atoms with Crippen molar-refractivity contribution in [2.24, 2.45) is 5.92 Å². The molecule has 1 heterocycles. The number of carbonyl (C=O) groups is 1. The molecule has 0 saturated carbocycles. The van der Waals surface area contributed by atoms with Crippen molar-refractivity contribution in [2.75, 3.05) is 32.8 Å². The molecule has 0 atom stereocenters. The highest BCUT2D eigenvalue weighted by atomic mass is 16.5. The number of nitrogens with one attached hydrogen (secondary N) is 2. The van der Waals surface area contributed by atoms with Gasteiger partial charge in [0.2, 0.25) is 5.91 Å². The second-order valence-corrected chi connectivity index (χ2v) is 3.74. The maximum Gasteiger partial charge on any atom is 0.216 e. The molecule has 82 valence electrons. The van der Waals surface area contributed by atoms with Gasteiger partial charge in [0.1, 0.15) is 0 Å². The van der Waals surface area contributed by atoms with Crippen LogP contribution in [0.25, 0.3) is 0 Å². The van der Waals surface area contributed by atoms with Crippen LogP contribution < -0.4 is 10.6 Å². The van der Waals surface area contributed by atoms with Crippen LogP contribution in [0.15, 0.2) is 0 Å². The van der Waals surface area contributed by atoms with Crippen LogP contribution in [0.5, 0.6) is 0 Å². The lowest BCUT2D eigenvalue weighted by atomic mass is 10.0. The summed E-state index contributed by atoms with van der Waals surface area (Å²) in [5.74, 6) is 0.791. The first-order chi connectivity index (χ1) is 6.79. The molecule has 1 rings (SSSR count). The molecule has 2 N–H and O–H groups in total. The third-order valence-corrected chi connectivity index (χ3v) is 2.45. The molecular weight excluding hydrogens is 180 g/mol. The van der Waals surface area contributed by atoms with Gasteiger partial charge < -0.3 is 15.4 Å². The first-order valence-corrected chi connectivity index (χ1v) is 5.32. The lowest BCUT2D eigenvalue weighted by Gasteiger charge is -2.22. The van der Waals surface area contributed by atoms with Crippen molar-refractivity contribution in [1.29, 1.82) is 0 Å². The van der Waals surface area contributed by atoms with E-state index in [1.54, 1.807) is 6.92 Å². The Morgan fingerprint density at radius 3 is 2.71 bits per heavy atom. The maximum absolute atomic E-state index is 10.6. The Balaban J connectivity index is 1.90. The predicted molar refractivity (Wildman–Crippen MR) is 55.1 cm³/mol. The van der Waals surface area contributed by atoms with Crippen molar-refractivity contribution in [3.8, 4) is 0 Å². The monoisotopic (exact) mass is 200 g/mol. The average molecular weight is 200 g/mol. The van der Waals surface area contributed by atoms with E-state index in [2.05, 4.69) is 10.6 Å². The van der Waals surface area contributed by atoms with Crippen LogP contribution in [-0.4, -0.2) is 38.8 Å². The minimum absolute atomic E-state index is 0.0397. The Morgan fingerprint density at radius 1 is 1.36 bits per heavy atom. The molecule has 0 unspecified atom stereocenters. The van der Waals surface area contributed by atoms with Gasteiger partial charge in [-0.2, -0.15) is 0 Å². The van der Waals surface area contributed by atoms with Crippen LogP contribution >= 0.6 is 0 Å². The minimum Gasteiger partial charge on any atom is -0.381 e. The van der Waals surface area contributed by atoms with Gasteiger partial charge in [-0.25, -0.2) is 0 Å². The first-order valence-electron chi connectivity index (χ1n) is 5.32. The highest BCUT2D eigenvalue weighted by Gasteiger charge is 2.12. The third kappa shape index (κ3) is 5.19. The van der Waals surface area contributed by atoms with E-state index < -0.39 is 0 Å². The number of hydrogen-bond donors (Lipinski definition) is 2. The summed E-state index contributed by atoms with van der Waals surface area (Å²) in [5, 5.41) is 6.10. The molecule has 0 radical (unpaired) electrons. The number of hydrogen-bond acceptors (Lipinski definition) is 3. The minimum atomic E-state index is 0.0397. The lowest BCUT2D eigenvalue weighted by molar-refractivity contribution is -0.118. The third-order valence-electron chi connectivity index (χ3n) is 2.45. The summed E-state index contributed by atoms with van der Waals surface area (Å²) in [6, 6.07) is 0. The van der Waals surface area contributed by atoms with Crippen LogP contribution in [0.3, 0.4) is 0 Å². The van der Waals surface area contributed by atoms with Crippen molar-refractivity contribution in [3.63, 3.8) is 0 Å². The van der Waals surface area contributed by atoms with Gasteiger partial charge in [0.15, 0.2) is 0 Å². The van der Waals surface area contributed by atoms with E-state index in [-0.39, 0.29) is 5.91 Å². The van der Waals surface area contributed by atoms with Crippen LogP contribution in [0.1, 0.15) is 19.8 Å². The molecule has 0 aromatic carbocycles. The van der Waals surface area contributed by atoms with Crippen molar-refractivity contribution >= 4 is 5.91 Å². The molecule has 1 aliphatic heterocycles. The van der Waals surface area contributed by atoms with Gasteiger partial charge in [0, 0.05) is 33.2 Å². The predicted octanol–water partition coefficient (Wildman–Crippen LogP) is 0.139. The zero-order valence-electron chi connectivity index (χ0n) is 8.84. The van der Waals surface area contributed by atoms with Crippen LogP contribution in [0, 0.1) is 5.92 Å². The molecule has 4 nitrogen and oxygen atoms in total. The van der Waals surface area contributed by atoms with Crippen LogP contribution in [-0.2, 0) is 9.53 Å². The maximum atomic E-state index is 10.6. The van der Waals surface area contributed by atoms with E-state index >= 15 is 0 Å². The van der Waals surface area contributed by atoms with E-state index in [0.717, 1.165) is 51.6 Å². The zero-order valence-corrected chi connectivity index (χ0v) is 8.84. The molecule has 1 saturated heterocycles. The lowest BCUT2D eigenvalue weighted by Crippen LogP contribution is -2.34. The van der Waals surface area contributed by atoms with Crippen LogP contribution in [0.4, 0.5) is 0 Å². The van der Waals surface area contributed by atoms with Gasteiger partial charge in [-0.3, -0.25) is 4.79 Å². The fraction of sp³-hybridized carbons (Fsp3) is 0.900. The largest absolute Gasteiger partial charge is 0.381 e. The fourth-order valence-corrected chi connectivity index (χ4v) is 1.58. The zero-order chi connectivity index (χ0) is 10.2. The number of rotatable bonds is 5. The quantitative estimate of drug-likeness (QED) is 0.621. The summed E-state index contributed by atoms with van der Waals surface area (Å²) in [7, 11) is 0. The Morgan fingerprint density at radius 2 is 2.07 bits per heavy atom. The number of carbonyl (C=O) groups excluding carboxylic acids is 1. The van der Waals surface area contributed by atoms with Gasteiger partial charge in [0.05, 0.1) is 0 Å². The van der Waals surface area contributed by atoms with Crippen molar-refractivity contribution < 1.29 is 9.53 Å². The summed E-state index contributed by atoms with van der Waals surface area (Å²) in [6.07, 6.45) is 2.32. The van der Waals surface area contributed by atoms with Crippen molar-refractivity contribution in [1.82, 2.24) is 10.6 Å². The standard InChI is InChI=1S/C10H20N2O2/c1-9(13)12-5-4-11-8-10-2-6-14-7-3-10/h10-11H,2-8H2,1H3,(H,12,13). The van der Waals surface area contributed by atoms with Gasteiger partial charge in [-0.15, -0.1) is 0 Å². The van der Waals surface area contributed by atoms with E-state index in [1.165, 1.54) is 0 Å². The molecule has 0 aromatic rings. The van der Waals surface area contributed by atoms with Gasteiger partial charge in [-0.05, 0) is 25.3 Å². The van der Waals surface area contributed by atoms with Gasteiger partial charge in [0.25, 0.3) is 0 Å². The molecule has 0 aromatic heterocycles. The van der Waals surface area contributed by atoms with Crippen molar-refractivity contribution in [3.05, 3.63) is 0 Å². The SMILES string of the molecule is CC(=O)NCCNCC1CCOCC1. The number of amides is 1. The molecule has 1 amide bonds. The molecule has 1 aliphatic rings. The normalized spacial score (nSPS) is 18.1. The van der Waals surface area contributed by atoms with Gasteiger partial charge >= 0.3 is 0 Å². The van der Waals surface area contributed by atoms with E-state index in [1.807, 2.05) is 0 Å². The molecule has 0 spiro atoms. The van der Waals surface area contributed by atoms with Gasteiger partial charge in [-0.1, -0.05) is 0 Å². The fourth-order valence-electron chi connectivity index (χ4n) is 1.58. The second kappa shape index (κ2) is 6.79. The first kappa shape index (κ1) is 11.5. The summed E-state index contributed by atoms with van der Waals surface area (Å²) in [4.78, 5) is 10.6. The summed E-state index contributed by atoms with van der Waals surface area (Å²) in [6.45, 7) is 5.97. The molecule has 14 heavy (non-hydrogen) atoms. The van der Waals surface area contributed by atoms with E-state index in [4.69, 9.17) is 4.74 Å². The van der Waals surface area contributed by atoms with Crippen molar-refractivity contribution in [2.45, 2.75) is 19.8 Å². The Bertz CT molecular complexity index is 168. The summed E-state index contributed by atoms with van der Waals surface area (Å²) < 4.78 is 5.27. The highest BCUT2D eigenvalue weighted by Crippen LogP contribution is 2.12. The molecule has 0 aliphatic carbocycles.